The van der Waals surface area contributed by atoms with Crippen LogP contribution in [-0.2, 0) is 13.1 Å². The summed E-state index contributed by atoms with van der Waals surface area (Å²) in [5.74, 6) is 0.881. The molecule has 0 saturated carbocycles. The van der Waals surface area contributed by atoms with Crippen LogP contribution in [-0.4, -0.2) is 7.11 Å². The minimum absolute atomic E-state index is 0.776. The average molecular weight is 242 g/mol. The van der Waals surface area contributed by atoms with Crippen molar-refractivity contribution in [2.75, 3.05) is 12.8 Å². The van der Waals surface area contributed by atoms with Crippen molar-refractivity contribution in [3.63, 3.8) is 0 Å². The van der Waals surface area contributed by atoms with Gasteiger partial charge in [-0.3, -0.25) is 0 Å². The zero-order chi connectivity index (χ0) is 12.8. The van der Waals surface area contributed by atoms with Crippen LogP contribution in [0.4, 0.5) is 5.69 Å². The van der Waals surface area contributed by atoms with E-state index in [4.69, 9.17) is 10.5 Å². The molecule has 0 amide bonds. The number of methoxy groups -OCH3 is 1. The van der Waals surface area contributed by atoms with E-state index >= 15 is 0 Å². The Balaban J connectivity index is 1.86. The van der Waals surface area contributed by atoms with Gasteiger partial charge in [-0.1, -0.05) is 30.3 Å². The normalized spacial score (nSPS) is 10.3. The fourth-order valence-electron chi connectivity index (χ4n) is 1.78. The molecule has 2 rings (SSSR count). The lowest BCUT2D eigenvalue weighted by atomic mass is 10.1. The summed E-state index contributed by atoms with van der Waals surface area (Å²) >= 11 is 0. The van der Waals surface area contributed by atoms with Crippen molar-refractivity contribution in [1.82, 2.24) is 5.32 Å². The molecule has 0 unspecified atom stereocenters. The van der Waals surface area contributed by atoms with Gasteiger partial charge in [0.05, 0.1) is 7.11 Å². The van der Waals surface area contributed by atoms with E-state index in [1.54, 1.807) is 7.11 Å². The Morgan fingerprint density at radius 2 is 1.72 bits per heavy atom. The van der Waals surface area contributed by atoms with Gasteiger partial charge in [0.2, 0.25) is 0 Å². The molecule has 0 aliphatic heterocycles. The van der Waals surface area contributed by atoms with E-state index in [0.29, 0.717) is 0 Å². The van der Waals surface area contributed by atoms with Gasteiger partial charge in [-0.25, -0.2) is 0 Å². The maximum absolute atomic E-state index is 5.88. The minimum atomic E-state index is 0.776. The van der Waals surface area contributed by atoms with Gasteiger partial charge in [-0.05, 0) is 29.3 Å². The zero-order valence-corrected chi connectivity index (χ0v) is 10.5. The Kier molecular flexibility index (Phi) is 4.20. The summed E-state index contributed by atoms with van der Waals surface area (Å²) in [5, 5.41) is 3.38. The lowest BCUT2D eigenvalue weighted by Crippen LogP contribution is -2.13. The quantitative estimate of drug-likeness (QED) is 0.792. The van der Waals surface area contributed by atoms with Crippen LogP contribution in [0.3, 0.4) is 0 Å². The largest absolute Gasteiger partial charge is 0.497 e. The van der Waals surface area contributed by atoms with Crippen LogP contribution in [0.1, 0.15) is 11.1 Å². The van der Waals surface area contributed by atoms with Crippen molar-refractivity contribution in [3.05, 3.63) is 59.7 Å². The first-order valence-electron chi connectivity index (χ1n) is 5.96. The third-order valence-electron chi connectivity index (χ3n) is 2.86. The molecule has 0 fully saturated rings. The highest BCUT2D eigenvalue weighted by Gasteiger charge is 1.98. The summed E-state index contributed by atoms with van der Waals surface area (Å²) in [7, 11) is 1.67. The lowest BCUT2D eigenvalue weighted by Gasteiger charge is -2.08. The van der Waals surface area contributed by atoms with Gasteiger partial charge in [0.1, 0.15) is 5.75 Å². The number of nitrogen functional groups attached to an aromatic ring is 1. The van der Waals surface area contributed by atoms with E-state index in [1.807, 2.05) is 36.4 Å². The van der Waals surface area contributed by atoms with Crippen molar-refractivity contribution >= 4 is 5.69 Å². The van der Waals surface area contributed by atoms with Crippen LogP contribution in [0, 0.1) is 0 Å². The second-order valence-corrected chi connectivity index (χ2v) is 4.15. The molecule has 0 saturated heterocycles. The van der Waals surface area contributed by atoms with Crippen molar-refractivity contribution < 1.29 is 4.74 Å². The van der Waals surface area contributed by atoms with Crippen LogP contribution < -0.4 is 15.8 Å². The second-order valence-electron chi connectivity index (χ2n) is 4.15. The standard InChI is InChI=1S/C15H18N2O/c1-18-14-8-6-12(7-9-14)10-17-11-13-4-2-3-5-15(13)16/h2-9,17H,10-11,16H2,1H3. The molecule has 0 radical (unpaired) electrons. The predicted molar refractivity (Wildman–Crippen MR) is 74.4 cm³/mol. The fourth-order valence-corrected chi connectivity index (χ4v) is 1.78. The summed E-state index contributed by atoms with van der Waals surface area (Å²) in [6, 6.07) is 16.0. The number of benzene rings is 2. The molecular formula is C15H18N2O. The molecule has 3 heteroatoms. The molecule has 0 aliphatic rings. The number of hydrogen-bond acceptors (Lipinski definition) is 3. The number of nitrogens with two attached hydrogens (primary N) is 1. The third kappa shape index (κ3) is 3.25. The van der Waals surface area contributed by atoms with Gasteiger partial charge in [0.25, 0.3) is 0 Å². The number of nitrogens with one attached hydrogen (secondary N) is 1. The van der Waals surface area contributed by atoms with Gasteiger partial charge in [-0.15, -0.1) is 0 Å². The molecule has 0 heterocycles. The first kappa shape index (κ1) is 12.5. The number of rotatable bonds is 5. The summed E-state index contributed by atoms with van der Waals surface area (Å²) in [5.41, 5.74) is 9.07. The Bertz CT molecular complexity index is 494. The van der Waals surface area contributed by atoms with Crippen LogP contribution >= 0.6 is 0 Å². The molecular weight excluding hydrogens is 224 g/mol. The van der Waals surface area contributed by atoms with E-state index in [1.165, 1.54) is 5.56 Å². The minimum Gasteiger partial charge on any atom is -0.497 e. The van der Waals surface area contributed by atoms with Crippen LogP contribution in [0.2, 0.25) is 0 Å². The van der Waals surface area contributed by atoms with Crippen molar-refractivity contribution in [2.24, 2.45) is 0 Å². The van der Waals surface area contributed by atoms with E-state index in [9.17, 15) is 0 Å². The maximum Gasteiger partial charge on any atom is 0.118 e. The molecule has 0 atom stereocenters. The van der Waals surface area contributed by atoms with E-state index < -0.39 is 0 Å². The van der Waals surface area contributed by atoms with E-state index in [-0.39, 0.29) is 0 Å². The molecule has 0 aliphatic carbocycles. The van der Waals surface area contributed by atoms with Crippen molar-refractivity contribution in [3.8, 4) is 5.75 Å². The molecule has 0 aromatic heterocycles. The Morgan fingerprint density at radius 1 is 1.00 bits per heavy atom. The monoisotopic (exact) mass is 242 g/mol. The molecule has 2 aromatic carbocycles. The summed E-state index contributed by atoms with van der Waals surface area (Å²) in [6.45, 7) is 1.59. The van der Waals surface area contributed by atoms with Crippen LogP contribution in [0.25, 0.3) is 0 Å². The SMILES string of the molecule is COc1ccc(CNCc2ccccc2N)cc1. The highest BCUT2D eigenvalue weighted by atomic mass is 16.5. The van der Waals surface area contributed by atoms with Gasteiger partial charge in [0, 0.05) is 18.8 Å². The molecule has 3 N–H and O–H groups in total. The predicted octanol–water partition coefficient (Wildman–Crippen LogP) is 2.57. The van der Waals surface area contributed by atoms with Crippen molar-refractivity contribution in [2.45, 2.75) is 13.1 Å². The lowest BCUT2D eigenvalue weighted by molar-refractivity contribution is 0.414. The molecule has 18 heavy (non-hydrogen) atoms. The van der Waals surface area contributed by atoms with Gasteiger partial charge in [0.15, 0.2) is 0 Å². The maximum atomic E-state index is 5.88. The summed E-state index contributed by atoms with van der Waals surface area (Å²) < 4.78 is 5.12. The van der Waals surface area contributed by atoms with Gasteiger partial charge in [-0.2, -0.15) is 0 Å². The third-order valence-corrected chi connectivity index (χ3v) is 2.86. The number of ether oxygens (including phenoxy) is 1. The highest BCUT2D eigenvalue weighted by molar-refractivity contribution is 5.46. The number of hydrogen-bond donors (Lipinski definition) is 2. The smallest absolute Gasteiger partial charge is 0.118 e. The highest BCUT2D eigenvalue weighted by Crippen LogP contribution is 2.12. The number of anilines is 1. The average Bonchev–Trinajstić information content (AvgIpc) is 2.42. The van der Waals surface area contributed by atoms with Gasteiger partial charge < -0.3 is 15.8 Å². The van der Waals surface area contributed by atoms with E-state index in [2.05, 4.69) is 17.4 Å². The fraction of sp³-hybridized carbons (Fsp3) is 0.200. The van der Waals surface area contributed by atoms with Crippen molar-refractivity contribution in [1.29, 1.82) is 0 Å². The van der Waals surface area contributed by atoms with Crippen LogP contribution in [0.5, 0.6) is 5.75 Å². The zero-order valence-electron chi connectivity index (χ0n) is 10.5. The number of para-hydroxylation sites is 1. The first-order chi connectivity index (χ1) is 8.79. The Hall–Kier alpha value is -2.00. The first-order valence-corrected chi connectivity index (χ1v) is 5.96. The molecule has 0 spiro atoms. The van der Waals surface area contributed by atoms with Gasteiger partial charge >= 0.3 is 0 Å². The summed E-state index contributed by atoms with van der Waals surface area (Å²) in [4.78, 5) is 0. The van der Waals surface area contributed by atoms with E-state index in [0.717, 1.165) is 30.1 Å². The molecule has 0 bridgehead atoms. The second kappa shape index (κ2) is 6.07. The summed E-state index contributed by atoms with van der Waals surface area (Å²) in [6.07, 6.45) is 0. The van der Waals surface area contributed by atoms with Crippen LogP contribution in [0.15, 0.2) is 48.5 Å². The Morgan fingerprint density at radius 3 is 2.39 bits per heavy atom. The topological polar surface area (TPSA) is 47.3 Å². The Labute approximate surface area is 108 Å². The molecule has 3 nitrogen and oxygen atoms in total. The molecule has 94 valence electrons. The molecule has 2 aromatic rings.